The van der Waals surface area contributed by atoms with Gasteiger partial charge in [-0.15, -0.1) is 0 Å². The number of halogens is 4. The lowest BCUT2D eigenvalue weighted by Crippen LogP contribution is -2.23. The first-order valence-corrected chi connectivity index (χ1v) is 7.08. The van der Waals surface area contributed by atoms with Gasteiger partial charge in [0.2, 0.25) is 0 Å². The van der Waals surface area contributed by atoms with Crippen molar-refractivity contribution in [1.82, 2.24) is 10.3 Å². The summed E-state index contributed by atoms with van der Waals surface area (Å²) < 4.78 is 40.3. The van der Waals surface area contributed by atoms with Gasteiger partial charge in [0, 0.05) is 22.4 Å². The van der Waals surface area contributed by atoms with Crippen molar-refractivity contribution in [2.24, 2.45) is 0 Å². The number of hydrogen-bond acceptors (Lipinski definition) is 2. The van der Waals surface area contributed by atoms with E-state index < -0.39 is 17.8 Å². The molecule has 0 bridgehead atoms. The number of hydrogen-bond donors (Lipinski definition) is 1. The second-order valence-corrected chi connectivity index (χ2v) is 5.60. The molecule has 0 radical (unpaired) electrons. The van der Waals surface area contributed by atoms with Crippen molar-refractivity contribution in [3.8, 4) is 0 Å². The van der Waals surface area contributed by atoms with Crippen LogP contribution in [0.2, 0.25) is 0 Å². The number of alkyl halides is 3. The number of aromatic nitrogens is 1. The molecule has 0 spiro atoms. The maximum Gasteiger partial charge on any atom is 0.416 e. The zero-order chi connectivity index (χ0) is 15.6. The molecule has 1 aromatic carbocycles. The van der Waals surface area contributed by atoms with Gasteiger partial charge in [-0.25, -0.2) is 0 Å². The van der Waals surface area contributed by atoms with Crippen molar-refractivity contribution in [3.05, 3.63) is 63.4 Å². The van der Waals surface area contributed by atoms with Crippen molar-refractivity contribution in [2.45, 2.75) is 19.1 Å². The monoisotopic (exact) mass is 358 g/mol. The van der Waals surface area contributed by atoms with Crippen LogP contribution >= 0.6 is 15.9 Å². The van der Waals surface area contributed by atoms with Gasteiger partial charge in [0.15, 0.2) is 0 Å². The molecule has 6 heteroatoms. The fourth-order valence-corrected chi connectivity index (χ4v) is 2.67. The van der Waals surface area contributed by atoms with E-state index in [1.807, 2.05) is 25.1 Å². The molecule has 0 aliphatic carbocycles. The Morgan fingerprint density at radius 3 is 2.52 bits per heavy atom. The molecule has 0 amide bonds. The molecule has 0 aliphatic rings. The van der Waals surface area contributed by atoms with Crippen LogP contribution < -0.4 is 5.32 Å². The number of aryl methyl sites for hydroxylation is 1. The van der Waals surface area contributed by atoms with Crippen LogP contribution in [0.25, 0.3) is 0 Å². The Kier molecular flexibility index (Phi) is 4.68. The van der Waals surface area contributed by atoms with Gasteiger partial charge in [-0.05, 0) is 43.3 Å². The van der Waals surface area contributed by atoms with Gasteiger partial charge in [-0.3, -0.25) is 4.98 Å². The van der Waals surface area contributed by atoms with Crippen LogP contribution in [0.4, 0.5) is 13.2 Å². The van der Waals surface area contributed by atoms with E-state index in [4.69, 9.17) is 0 Å². The highest BCUT2D eigenvalue weighted by atomic mass is 79.9. The second kappa shape index (κ2) is 6.15. The summed E-state index contributed by atoms with van der Waals surface area (Å²) in [7, 11) is 1.64. The molecule has 0 saturated carbocycles. The number of pyridine rings is 1. The highest BCUT2D eigenvalue weighted by Crippen LogP contribution is 2.37. The molecule has 0 aliphatic heterocycles. The largest absolute Gasteiger partial charge is 0.416 e. The van der Waals surface area contributed by atoms with Crippen LogP contribution in [0.3, 0.4) is 0 Å². The van der Waals surface area contributed by atoms with Crippen molar-refractivity contribution >= 4 is 15.9 Å². The summed E-state index contributed by atoms with van der Waals surface area (Å²) in [6, 6.07) is 5.98. The minimum atomic E-state index is -4.41. The van der Waals surface area contributed by atoms with E-state index in [2.05, 4.69) is 26.2 Å². The maximum atomic E-state index is 13.2. The van der Waals surface area contributed by atoms with Gasteiger partial charge in [-0.2, -0.15) is 13.2 Å². The van der Waals surface area contributed by atoms with Gasteiger partial charge in [0.25, 0.3) is 0 Å². The standard InChI is InChI=1S/C15H14BrF3N2/c1-9-3-4-10(16)7-11(9)14(20-2)12-8-21-6-5-13(12)15(17,18)19/h3-8,14,20H,1-2H3. The van der Waals surface area contributed by atoms with Gasteiger partial charge in [-0.1, -0.05) is 22.0 Å². The molecule has 2 rings (SSSR count). The first kappa shape index (κ1) is 16.0. The summed E-state index contributed by atoms with van der Waals surface area (Å²) in [5, 5.41) is 2.95. The molecule has 1 N–H and O–H groups in total. The van der Waals surface area contributed by atoms with Crippen LogP contribution in [0, 0.1) is 6.92 Å². The minimum Gasteiger partial charge on any atom is -0.309 e. The summed E-state index contributed by atoms with van der Waals surface area (Å²) in [6.07, 6.45) is -1.98. The Bertz CT molecular complexity index is 641. The Morgan fingerprint density at radius 2 is 1.90 bits per heavy atom. The first-order chi connectivity index (χ1) is 9.84. The predicted molar refractivity (Wildman–Crippen MR) is 79.0 cm³/mol. The fraction of sp³-hybridized carbons (Fsp3) is 0.267. The van der Waals surface area contributed by atoms with E-state index in [-0.39, 0.29) is 5.56 Å². The third kappa shape index (κ3) is 3.44. The molecule has 1 atom stereocenters. The third-order valence-corrected chi connectivity index (χ3v) is 3.80. The Labute approximate surface area is 129 Å². The zero-order valence-corrected chi connectivity index (χ0v) is 13.1. The summed E-state index contributed by atoms with van der Waals surface area (Å²) in [4.78, 5) is 3.85. The summed E-state index contributed by atoms with van der Waals surface area (Å²) in [5.41, 5.74) is 1.14. The van der Waals surface area contributed by atoms with Crippen LogP contribution in [-0.4, -0.2) is 12.0 Å². The Balaban J connectivity index is 2.60. The summed E-state index contributed by atoms with van der Waals surface area (Å²) in [6.45, 7) is 1.87. The average Bonchev–Trinajstić information content (AvgIpc) is 2.43. The molecule has 2 aromatic rings. The Morgan fingerprint density at radius 1 is 1.19 bits per heavy atom. The van der Waals surface area contributed by atoms with E-state index in [1.54, 1.807) is 7.05 Å². The zero-order valence-electron chi connectivity index (χ0n) is 11.5. The number of benzene rings is 1. The van der Waals surface area contributed by atoms with Gasteiger partial charge < -0.3 is 5.32 Å². The van der Waals surface area contributed by atoms with Crippen molar-refractivity contribution in [2.75, 3.05) is 7.05 Å². The fourth-order valence-electron chi connectivity index (χ4n) is 2.30. The lowest BCUT2D eigenvalue weighted by molar-refractivity contribution is -0.138. The topological polar surface area (TPSA) is 24.9 Å². The lowest BCUT2D eigenvalue weighted by atomic mass is 9.93. The molecular weight excluding hydrogens is 345 g/mol. The first-order valence-electron chi connectivity index (χ1n) is 6.29. The van der Waals surface area contributed by atoms with E-state index in [0.29, 0.717) is 0 Å². The molecule has 21 heavy (non-hydrogen) atoms. The predicted octanol–water partition coefficient (Wildman–Crippen LogP) is 4.48. The van der Waals surface area contributed by atoms with Gasteiger partial charge in [0.1, 0.15) is 0 Å². The van der Waals surface area contributed by atoms with Crippen LogP contribution in [0.15, 0.2) is 41.1 Å². The average molecular weight is 359 g/mol. The summed E-state index contributed by atoms with van der Waals surface area (Å²) in [5.74, 6) is 0. The van der Waals surface area contributed by atoms with Crippen molar-refractivity contribution in [1.29, 1.82) is 0 Å². The molecule has 2 nitrogen and oxygen atoms in total. The third-order valence-electron chi connectivity index (χ3n) is 3.31. The molecule has 0 fully saturated rings. The van der Waals surface area contributed by atoms with Crippen molar-refractivity contribution < 1.29 is 13.2 Å². The highest BCUT2D eigenvalue weighted by molar-refractivity contribution is 9.10. The Hall–Kier alpha value is -1.40. The molecule has 0 saturated heterocycles. The molecule has 1 unspecified atom stereocenters. The summed E-state index contributed by atoms with van der Waals surface area (Å²) >= 11 is 3.36. The van der Waals surface area contributed by atoms with Crippen LogP contribution in [0.1, 0.15) is 28.3 Å². The van der Waals surface area contributed by atoms with Gasteiger partial charge >= 0.3 is 6.18 Å². The highest BCUT2D eigenvalue weighted by Gasteiger charge is 2.35. The maximum absolute atomic E-state index is 13.2. The smallest absolute Gasteiger partial charge is 0.309 e. The molecule has 112 valence electrons. The minimum absolute atomic E-state index is 0.119. The number of rotatable bonds is 3. The number of nitrogens with one attached hydrogen (secondary N) is 1. The van der Waals surface area contributed by atoms with E-state index >= 15 is 0 Å². The van der Waals surface area contributed by atoms with Crippen molar-refractivity contribution in [3.63, 3.8) is 0 Å². The van der Waals surface area contributed by atoms with Crippen LogP contribution in [-0.2, 0) is 6.18 Å². The van der Waals surface area contributed by atoms with Gasteiger partial charge in [0.05, 0.1) is 11.6 Å². The van der Waals surface area contributed by atoms with E-state index in [0.717, 1.165) is 27.9 Å². The molecular formula is C15H14BrF3N2. The second-order valence-electron chi connectivity index (χ2n) is 4.68. The van der Waals surface area contributed by atoms with Crippen LogP contribution in [0.5, 0.6) is 0 Å². The molecule has 1 heterocycles. The quantitative estimate of drug-likeness (QED) is 0.874. The number of nitrogens with zero attached hydrogens (tertiary/aromatic N) is 1. The normalized spacial score (nSPS) is 13.2. The van der Waals surface area contributed by atoms with E-state index in [1.165, 1.54) is 6.20 Å². The molecule has 1 aromatic heterocycles. The van der Waals surface area contributed by atoms with E-state index in [9.17, 15) is 13.2 Å². The SMILES string of the molecule is CNC(c1cc(Br)ccc1C)c1cnccc1C(F)(F)F. The lowest BCUT2D eigenvalue weighted by Gasteiger charge is -2.23.